The fourth-order valence-corrected chi connectivity index (χ4v) is 2.69. The van der Waals surface area contributed by atoms with Gasteiger partial charge in [-0.2, -0.15) is 0 Å². The fourth-order valence-electron chi connectivity index (χ4n) is 2.43. The molecule has 16 heavy (non-hydrogen) atoms. The van der Waals surface area contributed by atoms with Gasteiger partial charge in [0.15, 0.2) is 0 Å². The second-order valence-corrected chi connectivity index (χ2v) is 5.71. The molecule has 0 bridgehead atoms. The number of rotatable bonds is 2. The first kappa shape index (κ1) is 11.8. The monoisotopic (exact) mass is 237 g/mol. The zero-order valence-electron chi connectivity index (χ0n) is 10.4. The van der Waals surface area contributed by atoms with Gasteiger partial charge in [-0.3, -0.25) is 0 Å². The molecule has 0 saturated heterocycles. The Kier molecular flexibility index (Phi) is 3.16. The summed E-state index contributed by atoms with van der Waals surface area (Å²) in [4.78, 5) is 0. The van der Waals surface area contributed by atoms with Crippen LogP contribution >= 0.6 is 11.6 Å². The zero-order chi connectivity index (χ0) is 11.8. The average Bonchev–Trinajstić information content (AvgIpc) is 2.20. The van der Waals surface area contributed by atoms with Crippen LogP contribution in [0.1, 0.15) is 44.7 Å². The molecule has 1 aliphatic rings. The van der Waals surface area contributed by atoms with E-state index < -0.39 is 0 Å². The second-order valence-electron chi connectivity index (χ2n) is 5.30. The lowest BCUT2D eigenvalue weighted by atomic mass is 9.77. The minimum absolute atomic E-state index is 0.271. The summed E-state index contributed by atoms with van der Waals surface area (Å²) in [6.07, 6.45) is 3.40. The largest absolute Gasteiger partial charge is 0.385 e. The van der Waals surface area contributed by atoms with E-state index in [0.29, 0.717) is 0 Å². The third-order valence-electron chi connectivity index (χ3n) is 3.50. The summed E-state index contributed by atoms with van der Waals surface area (Å²) in [5, 5.41) is 4.35. The van der Waals surface area contributed by atoms with Crippen LogP contribution in [0.2, 0.25) is 5.02 Å². The highest BCUT2D eigenvalue weighted by atomic mass is 35.5. The molecule has 0 saturated carbocycles. The lowest BCUT2D eigenvalue weighted by molar-refractivity contribution is 0.481. The van der Waals surface area contributed by atoms with Crippen LogP contribution in [0.25, 0.3) is 0 Å². The molecule has 1 N–H and O–H groups in total. The van der Waals surface area contributed by atoms with Gasteiger partial charge in [0.05, 0.1) is 0 Å². The van der Waals surface area contributed by atoms with Crippen molar-refractivity contribution in [2.45, 2.75) is 45.4 Å². The molecule has 0 radical (unpaired) electrons. The van der Waals surface area contributed by atoms with Crippen LogP contribution in [0.3, 0.4) is 0 Å². The van der Waals surface area contributed by atoms with E-state index in [1.807, 2.05) is 0 Å². The number of fused-ring (bicyclic) bond motifs is 1. The Balaban J connectivity index is 2.48. The van der Waals surface area contributed by atoms with Crippen LogP contribution in [-0.4, -0.2) is 6.54 Å². The topological polar surface area (TPSA) is 12.0 Å². The number of nitrogens with one attached hydrogen (secondary N) is 1. The highest BCUT2D eigenvalue weighted by Crippen LogP contribution is 2.39. The Morgan fingerprint density at radius 1 is 1.38 bits per heavy atom. The molecule has 1 aromatic rings. The maximum Gasteiger partial charge on any atom is 0.0458 e. The van der Waals surface area contributed by atoms with Gasteiger partial charge in [-0.1, -0.05) is 44.9 Å². The Bertz CT molecular complexity index is 396. The summed E-state index contributed by atoms with van der Waals surface area (Å²) in [6, 6.07) is 4.40. The van der Waals surface area contributed by atoms with Crippen LogP contribution in [0.5, 0.6) is 0 Å². The van der Waals surface area contributed by atoms with E-state index in [1.165, 1.54) is 23.2 Å². The maximum absolute atomic E-state index is 6.29. The summed E-state index contributed by atoms with van der Waals surface area (Å²) in [6.45, 7) is 7.87. The molecule has 2 heteroatoms. The summed E-state index contributed by atoms with van der Waals surface area (Å²) in [7, 11) is 0. The molecule has 88 valence electrons. The van der Waals surface area contributed by atoms with Crippen LogP contribution in [0.4, 0.5) is 5.69 Å². The van der Waals surface area contributed by atoms with Crippen molar-refractivity contribution >= 4 is 17.3 Å². The SMILES string of the molecule is CCCc1cc2c(cc1Cl)NCCC2(C)C. The number of hydrogen-bond acceptors (Lipinski definition) is 1. The predicted molar refractivity (Wildman–Crippen MR) is 71.6 cm³/mol. The summed E-state index contributed by atoms with van der Waals surface area (Å²) < 4.78 is 0. The quantitative estimate of drug-likeness (QED) is 0.805. The molecule has 0 unspecified atom stereocenters. The molecule has 0 atom stereocenters. The summed E-state index contributed by atoms with van der Waals surface area (Å²) in [5.74, 6) is 0. The number of hydrogen-bond donors (Lipinski definition) is 1. The van der Waals surface area contributed by atoms with Crippen molar-refractivity contribution in [2.75, 3.05) is 11.9 Å². The molecule has 1 nitrogen and oxygen atoms in total. The van der Waals surface area contributed by atoms with Crippen LogP contribution < -0.4 is 5.32 Å². The van der Waals surface area contributed by atoms with Crippen LogP contribution in [0, 0.1) is 0 Å². The molecule has 1 aliphatic heterocycles. The summed E-state index contributed by atoms with van der Waals surface area (Å²) in [5.41, 5.74) is 4.21. The average molecular weight is 238 g/mol. The van der Waals surface area contributed by atoms with E-state index in [4.69, 9.17) is 11.6 Å². The van der Waals surface area contributed by atoms with E-state index in [2.05, 4.69) is 38.2 Å². The standard InChI is InChI=1S/C14H20ClN/c1-4-5-10-8-11-13(9-12(10)15)16-7-6-14(11,2)3/h8-9,16H,4-7H2,1-3H3. The first-order valence-electron chi connectivity index (χ1n) is 6.11. The number of anilines is 1. The fraction of sp³-hybridized carbons (Fsp3) is 0.571. The molecule has 0 fully saturated rings. The van der Waals surface area contributed by atoms with E-state index in [-0.39, 0.29) is 5.41 Å². The molecule has 0 amide bonds. The van der Waals surface area contributed by atoms with E-state index in [0.717, 1.165) is 24.4 Å². The van der Waals surface area contributed by atoms with Gasteiger partial charge in [0.2, 0.25) is 0 Å². The van der Waals surface area contributed by atoms with Crippen molar-refractivity contribution in [3.63, 3.8) is 0 Å². The van der Waals surface area contributed by atoms with Crippen molar-refractivity contribution < 1.29 is 0 Å². The normalized spacial score (nSPS) is 17.8. The molecule has 0 spiro atoms. The van der Waals surface area contributed by atoms with Crippen molar-refractivity contribution in [3.05, 3.63) is 28.3 Å². The first-order valence-corrected chi connectivity index (χ1v) is 6.49. The van der Waals surface area contributed by atoms with E-state index in [1.54, 1.807) is 0 Å². The molecule has 1 aromatic carbocycles. The number of aryl methyl sites for hydroxylation is 1. The Labute approximate surface area is 103 Å². The van der Waals surface area contributed by atoms with E-state index in [9.17, 15) is 0 Å². The number of halogens is 1. The number of benzene rings is 1. The highest BCUT2D eigenvalue weighted by Gasteiger charge is 2.28. The van der Waals surface area contributed by atoms with Crippen LogP contribution in [0.15, 0.2) is 12.1 Å². The minimum atomic E-state index is 0.271. The molecule has 0 aliphatic carbocycles. The van der Waals surface area contributed by atoms with Crippen LogP contribution in [-0.2, 0) is 11.8 Å². The van der Waals surface area contributed by atoms with Gasteiger partial charge in [0.1, 0.15) is 0 Å². The van der Waals surface area contributed by atoms with Gasteiger partial charge in [0.25, 0.3) is 0 Å². The molecule has 0 aromatic heterocycles. The van der Waals surface area contributed by atoms with Gasteiger partial charge < -0.3 is 5.32 Å². The highest BCUT2D eigenvalue weighted by molar-refractivity contribution is 6.31. The van der Waals surface area contributed by atoms with Gasteiger partial charge >= 0.3 is 0 Å². The van der Waals surface area contributed by atoms with Gasteiger partial charge in [0, 0.05) is 17.3 Å². The van der Waals surface area contributed by atoms with Gasteiger partial charge in [-0.15, -0.1) is 0 Å². The van der Waals surface area contributed by atoms with Gasteiger partial charge in [-0.25, -0.2) is 0 Å². The van der Waals surface area contributed by atoms with Crippen molar-refractivity contribution in [1.82, 2.24) is 0 Å². The Morgan fingerprint density at radius 2 is 2.12 bits per heavy atom. The third kappa shape index (κ3) is 2.06. The predicted octanol–water partition coefficient (Wildman–Crippen LogP) is 4.39. The smallest absolute Gasteiger partial charge is 0.0458 e. The van der Waals surface area contributed by atoms with Crippen molar-refractivity contribution in [2.24, 2.45) is 0 Å². The van der Waals surface area contributed by atoms with Crippen molar-refractivity contribution in [1.29, 1.82) is 0 Å². The summed E-state index contributed by atoms with van der Waals surface area (Å²) >= 11 is 6.29. The van der Waals surface area contributed by atoms with E-state index >= 15 is 0 Å². The molecular formula is C14H20ClN. The Hall–Kier alpha value is -0.690. The third-order valence-corrected chi connectivity index (χ3v) is 3.85. The maximum atomic E-state index is 6.29. The molecule has 2 rings (SSSR count). The van der Waals surface area contributed by atoms with Crippen molar-refractivity contribution in [3.8, 4) is 0 Å². The minimum Gasteiger partial charge on any atom is -0.385 e. The molecule has 1 heterocycles. The van der Waals surface area contributed by atoms with Gasteiger partial charge in [-0.05, 0) is 35.4 Å². The lowest BCUT2D eigenvalue weighted by Gasteiger charge is -2.34. The first-order chi connectivity index (χ1) is 7.54. The second kappa shape index (κ2) is 4.29. The Morgan fingerprint density at radius 3 is 2.81 bits per heavy atom. The zero-order valence-corrected chi connectivity index (χ0v) is 11.1. The lowest BCUT2D eigenvalue weighted by Crippen LogP contribution is -2.28. The molecular weight excluding hydrogens is 218 g/mol.